The molecular formula is C22H22ClF2N5O2. The van der Waals surface area contributed by atoms with Gasteiger partial charge >= 0.3 is 0 Å². The number of nitrogens with zero attached hydrogens (tertiary/aromatic N) is 4. The number of halogens is 3. The van der Waals surface area contributed by atoms with E-state index in [1.165, 1.54) is 12.1 Å². The zero-order valence-corrected chi connectivity index (χ0v) is 18.4. The SMILES string of the molecule is Cc1nc2c3c(nn2c(C)c1Cl)CN(C(=O)c1ccc(F)cc1O[C@@H]1CCNC[C@H]1F)C3. The lowest BCUT2D eigenvalue weighted by Gasteiger charge is -2.28. The van der Waals surface area contributed by atoms with Crippen LogP contribution in [0.25, 0.3) is 5.65 Å². The van der Waals surface area contributed by atoms with E-state index < -0.39 is 18.1 Å². The number of hydrogen-bond acceptors (Lipinski definition) is 5. The van der Waals surface area contributed by atoms with Crippen LogP contribution in [0.15, 0.2) is 18.2 Å². The molecule has 168 valence electrons. The maximum atomic E-state index is 14.2. The van der Waals surface area contributed by atoms with Crippen LogP contribution in [0.4, 0.5) is 8.78 Å². The molecule has 4 heterocycles. The van der Waals surface area contributed by atoms with Crippen molar-refractivity contribution in [2.45, 2.75) is 45.6 Å². The molecule has 7 nitrogen and oxygen atoms in total. The van der Waals surface area contributed by atoms with Gasteiger partial charge in [0.15, 0.2) is 5.65 Å². The smallest absolute Gasteiger partial charge is 0.258 e. The summed E-state index contributed by atoms with van der Waals surface area (Å²) in [5.41, 5.74) is 3.94. The van der Waals surface area contributed by atoms with Gasteiger partial charge in [-0.15, -0.1) is 0 Å². The van der Waals surface area contributed by atoms with Gasteiger partial charge in [-0.05, 0) is 38.9 Å². The largest absolute Gasteiger partial charge is 0.486 e. The van der Waals surface area contributed by atoms with Crippen LogP contribution < -0.4 is 10.1 Å². The second-order valence-corrected chi connectivity index (χ2v) is 8.60. The Kier molecular flexibility index (Phi) is 5.25. The molecule has 0 bridgehead atoms. The lowest BCUT2D eigenvalue weighted by Crippen LogP contribution is -2.44. The second kappa shape index (κ2) is 7.97. The fraction of sp³-hybridized carbons (Fsp3) is 0.409. The highest BCUT2D eigenvalue weighted by molar-refractivity contribution is 6.31. The van der Waals surface area contributed by atoms with Gasteiger partial charge in [0.05, 0.1) is 40.8 Å². The number of piperidine rings is 1. The predicted molar refractivity (Wildman–Crippen MR) is 114 cm³/mol. The van der Waals surface area contributed by atoms with Crippen molar-refractivity contribution in [2.24, 2.45) is 0 Å². The summed E-state index contributed by atoms with van der Waals surface area (Å²) in [4.78, 5) is 19.5. The van der Waals surface area contributed by atoms with Gasteiger partial charge in [0.1, 0.15) is 23.8 Å². The van der Waals surface area contributed by atoms with Gasteiger partial charge in [0.2, 0.25) is 0 Å². The molecule has 2 atom stereocenters. The number of benzene rings is 1. The highest BCUT2D eigenvalue weighted by Crippen LogP contribution is 2.32. The van der Waals surface area contributed by atoms with E-state index >= 15 is 0 Å². The maximum absolute atomic E-state index is 14.2. The molecule has 1 aromatic carbocycles. The number of fused-ring (bicyclic) bond motifs is 3. The average molecular weight is 462 g/mol. The van der Waals surface area contributed by atoms with E-state index in [1.54, 1.807) is 9.42 Å². The molecule has 1 saturated heterocycles. The molecule has 0 radical (unpaired) electrons. The first kappa shape index (κ1) is 21.1. The van der Waals surface area contributed by atoms with E-state index in [-0.39, 0.29) is 30.3 Å². The molecule has 1 fully saturated rings. The first-order valence-electron chi connectivity index (χ1n) is 10.5. The number of nitrogens with one attached hydrogen (secondary N) is 1. The Balaban J connectivity index is 1.43. The summed E-state index contributed by atoms with van der Waals surface area (Å²) >= 11 is 6.30. The topological polar surface area (TPSA) is 71.8 Å². The van der Waals surface area contributed by atoms with Gasteiger partial charge in [0, 0.05) is 18.2 Å². The lowest BCUT2D eigenvalue weighted by molar-refractivity contribution is 0.0657. The van der Waals surface area contributed by atoms with Crippen molar-refractivity contribution in [1.29, 1.82) is 0 Å². The van der Waals surface area contributed by atoms with Gasteiger partial charge in [0.25, 0.3) is 5.91 Å². The molecular weight excluding hydrogens is 440 g/mol. The molecule has 2 aromatic heterocycles. The minimum atomic E-state index is -1.23. The molecule has 2 aliphatic rings. The van der Waals surface area contributed by atoms with Crippen LogP contribution in [0, 0.1) is 19.7 Å². The van der Waals surface area contributed by atoms with Crippen molar-refractivity contribution in [1.82, 2.24) is 24.8 Å². The Labute approximate surface area is 188 Å². The van der Waals surface area contributed by atoms with Crippen LogP contribution in [-0.4, -0.2) is 50.8 Å². The zero-order valence-electron chi connectivity index (χ0n) is 17.7. The normalized spacial score (nSPS) is 20.6. The summed E-state index contributed by atoms with van der Waals surface area (Å²) in [5, 5.41) is 8.10. The molecule has 2 aliphatic heterocycles. The first-order valence-corrected chi connectivity index (χ1v) is 10.8. The fourth-order valence-corrected chi connectivity index (χ4v) is 4.41. The van der Waals surface area contributed by atoms with Crippen molar-refractivity contribution < 1.29 is 18.3 Å². The number of ether oxygens (including phenoxy) is 1. The van der Waals surface area contributed by atoms with E-state index in [4.69, 9.17) is 16.3 Å². The minimum Gasteiger partial charge on any atom is -0.486 e. The van der Waals surface area contributed by atoms with Crippen molar-refractivity contribution >= 4 is 23.2 Å². The second-order valence-electron chi connectivity index (χ2n) is 8.22. The summed E-state index contributed by atoms with van der Waals surface area (Å²) in [6.45, 7) is 5.05. The minimum absolute atomic E-state index is 0.0555. The highest BCUT2D eigenvalue weighted by atomic mass is 35.5. The van der Waals surface area contributed by atoms with Crippen LogP contribution in [0.1, 0.15) is 39.4 Å². The van der Waals surface area contributed by atoms with Crippen LogP contribution in [0.2, 0.25) is 5.02 Å². The van der Waals surface area contributed by atoms with Gasteiger partial charge < -0.3 is 15.0 Å². The molecule has 5 rings (SSSR count). The van der Waals surface area contributed by atoms with Gasteiger partial charge in [-0.2, -0.15) is 5.10 Å². The van der Waals surface area contributed by atoms with E-state index in [1.807, 2.05) is 13.8 Å². The Morgan fingerprint density at radius 2 is 2.12 bits per heavy atom. The summed E-state index contributed by atoms with van der Waals surface area (Å²) in [6, 6.07) is 3.74. The highest BCUT2D eigenvalue weighted by Gasteiger charge is 2.33. The molecule has 10 heteroatoms. The fourth-order valence-electron chi connectivity index (χ4n) is 4.29. The number of carbonyl (C=O) groups is 1. The Bertz CT molecular complexity index is 1230. The van der Waals surface area contributed by atoms with Crippen LogP contribution in [-0.2, 0) is 13.1 Å². The quantitative estimate of drug-likeness (QED) is 0.647. The molecule has 32 heavy (non-hydrogen) atoms. The first-order chi connectivity index (χ1) is 15.3. The summed E-state index contributed by atoms with van der Waals surface area (Å²) in [5.74, 6) is -0.821. The van der Waals surface area contributed by atoms with E-state index in [2.05, 4.69) is 15.4 Å². The molecule has 0 spiro atoms. The summed E-state index contributed by atoms with van der Waals surface area (Å²) in [6.07, 6.45) is -1.53. The molecule has 0 aliphatic carbocycles. The number of amides is 1. The zero-order chi connectivity index (χ0) is 22.6. The summed E-state index contributed by atoms with van der Waals surface area (Å²) in [7, 11) is 0. The summed E-state index contributed by atoms with van der Waals surface area (Å²) < 4.78 is 35.7. The number of aromatic nitrogens is 3. The predicted octanol–water partition coefficient (Wildman–Crippen LogP) is 3.37. The molecule has 0 saturated carbocycles. The van der Waals surface area contributed by atoms with Crippen molar-refractivity contribution in [3.63, 3.8) is 0 Å². The third-order valence-electron chi connectivity index (χ3n) is 6.04. The molecule has 3 aromatic rings. The Hall–Kier alpha value is -2.78. The third kappa shape index (κ3) is 3.49. The van der Waals surface area contributed by atoms with Crippen LogP contribution in [0.5, 0.6) is 5.75 Å². The van der Waals surface area contributed by atoms with Crippen molar-refractivity contribution in [3.05, 3.63) is 57.2 Å². The molecule has 0 unspecified atom stereocenters. The van der Waals surface area contributed by atoms with Crippen LogP contribution >= 0.6 is 11.6 Å². The van der Waals surface area contributed by atoms with E-state index in [0.29, 0.717) is 35.9 Å². The van der Waals surface area contributed by atoms with Gasteiger partial charge in [-0.3, -0.25) is 4.79 Å². The van der Waals surface area contributed by atoms with Crippen LogP contribution in [0.3, 0.4) is 0 Å². The van der Waals surface area contributed by atoms with Crippen molar-refractivity contribution in [3.8, 4) is 5.75 Å². The number of rotatable bonds is 3. The average Bonchev–Trinajstić information content (AvgIpc) is 3.33. The van der Waals surface area contributed by atoms with Gasteiger partial charge in [-0.1, -0.05) is 11.6 Å². The van der Waals surface area contributed by atoms with Crippen molar-refractivity contribution in [2.75, 3.05) is 13.1 Å². The maximum Gasteiger partial charge on any atom is 0.258 e. The monoisotopic (exact) mass is 461 g/mol. The lowest BCUT2D eigenvalue weighted by atomic mass is 10.1. The number of aryl methyl sites for hydroxylation is 2. The number of hydrogen-bond donors (Lipinski definition) is 1. The van der Waals surface area contributed by atoms with E-state index in [9.17, 15) is 13.6 Å². The third-order valence-corrected chi connectivity index (χ3v) is 6.59. The number of alkyl halides is 1. The standard InChI is InChI=1S/C22H22ClF2N5O2/c1-11-20(23)12(2)30-21(27-11)15-9-29(10-17(15)28-30)22(31)14-4-3-13(24)7-19(14)32-18-5-6-26-8-16(18)25/h3-4,7,16,18,26H,5-6,8-10H2,1-2H3/t16-,18-/m1/s1. The molecule has 1 N–H and O–H groups in total. The molecule has 1 amide bonds. The van der Waals surface area contributed by atoms with Gasteiger partial charge in [-0.25, -0.2) is 18.3 Å². The Morgan fingerprint density at radius 3 is 2.91 bits per heavy atom. The number of carbonyl (C=O) groups excluding carboxylic acids is 1. The Morgan fingerprint density at radius 1 is 1.31 bits per heavy atom. The van der Waals surface area contributed by atoms with E-state index in [0.717, 1.165) is 23.0 Å².